The highest BCUT2D eigenvalue weighted by Crippen LogP contribution is 2.28. The predicted molar refractivity (Wildman–Crippen MR) is 105 cm³/mol. The van der Waals surface area contributed by atoms with Crippen molar-refractivity contribution >= 4 is 17.8 Å². The van der Waals surface area contributed by atoms with Crippen molar-refractivity contribution in [2.45, 2.75) is 33.6 Å². The molecule has 0 bridgehead atoms. The molecule has 1 aliphatic heterocycles. The standard InChI is InChI=1S/C23H24O3/c1-4-5-12-25-21-10-7-18(8-11-21)14-20-15-22(26-23(20)24)19-9-6-16(2)17(3)13-19/h6-11,13-15H,4-5,12H2,1-3H3/b20-14+. The smallest absolute Gasteiger partial charge is 0.343 e. The number of aryl methyl sites for hydroxylation is 2. The van der Waals surface area contributed by atoms with E-state index in [1.807, 2.05) is 48.5 Å². The fraction of sp³-hybridized carbons (Fsp3) is 0.261. The molecule has 0 saturated heterocycles. The van der Waals surface area contributed by atoms with E-state index in [4.69, 9.17) is 9.47 Å². The van der Waals surface area contributed by atoms with E-state index in [2.05, 4.69) is 20.8 Å². The lowest BCUT2D eigenvalue weighted by atomic mass is 10.0. The Balaban J connectivity index is 1.76. The highest BCUT2D eigenvalue weighted by Gasteiger charge is 2.22. The van der Waals surface area contributed by atoms with Gasteiger partial charge in [-0.1, -0.05) is 37.6 Å². The summed E-state index contributed by atoms with van der Waals surface area (Å²) in [5.41, 5.74) is 4.81. The van der Waals surface area contributed by atoms with Crippen molar-refractivity contribution in [2.75, 3.05) is 6.61 Å². The summed E-state index contributed by atoms with van der Waals surface area (Å²) in [6, 6.07) is 13.8. The van der Waals surface area contributed by atoms with Gasteiger partial charge in [0.15, 0.2) is 0 Å². The van der Waals surface area contributed by atoms with Crippen LogP contribution in [-0.2, 0) is 9.53 Å². The maximum absolute atomic E-state index is 12.2. The first-order valence-electron chi connectivity index (χ1n) is 9.03. The van der Waals surface area contributed by atoms with Crippen LogP contribution in [-0.4, -0.2) is 12.6 Å². The zero-order valence-corrected chi connectivity index (χ0v) is 15.5. The van der Waals surface area contributed by atoms with Crippen molar-refractivity contribution in [3.05, 3.63) is 76.4 Å². The maximum Gasteiger partial charge on any atom is 0.343 e. The van der Waals surface area contributed by atoms with Gasteiger partial charge < -0.3 is 9.47 Å². The molecule has 134 valence electrons. The number of unbranched alkanes of at least 4 members (excludes halogenated alkanes) is 1. The number of esters is 1. The summed E-state index contributed by atoms with van der Waals surface area (Å²) in [6.07, 6.45) is 5.80. The van der Waals surface area contributed by atoms with Crippen LogP contribution in [0.2, 0.25) is 0 Å². The molecule has 0 unspecified atom stereocenters. The summed E-state index contributed by atoms with van der Waals surface area (Å²) >= 11 is 0. The quantitative estimate of drug-likeness (QED) is 0.395. The Labute approximate surface area is 155 Å². The third kappa shape index (κ3) is 4.23. The Bertz CT molecular complexity index is 858. The molecule has 0 atom stereocenters. The van der Waals surface area contributed by atoms with E-state index >= 15 is 0 Å². The van der Waals surface area contributed by atoms with Crippen LogP contribution in [0.1, 0.15) is 42.0 Å². The van der Waals surface area contributed by atoms with Crippen LogP contribution in [0.15, 0.2) is 54.1 Å². The van der Waals surface area contributed by atoms with Gasteiger partial charge in [0.1, 0.15) is 11.5 Å². The van der Waals surface area contributed by atoms with Crippen LogP contribution in [0, 0.1) is 13.8 Å². The first kappa shape index (κ1) is 18.0. The van der Waals surface area contributed by atoms with Crippen LogP contribution in [0.25, 0.3) is 11.8 Å². The molecule has 0 radical (unpaired) electrons. The number of carbonyl (C=O) groups excluding carboxylic acids is 1. The second-order valence-corrected chi connectivity index (χ2v) is 6.57. The number of hydrogen-bond acceptors (Lipinski definition) is 3. The lowest BCUT2D eigenvalue weighted by molar-refractivity contribution is -0.130. The average molecular weight is 348 g/mol. The van der Waals surface area contributed by atoms with Crippen LogP contribution in [0.3, 0.4) is 0 Å². The van der Waals surface area contributed by atoms with Crippen molar-refractivity contribution in [3.8, 4) is 5.75 Å². The van der Waals surface area contributed by atoms with Crippen molar-refractivity contribution in [3.63, 3.8) is 0 Å². The minimum Gasteiger partial charge on any atom is -0.494 e. The molecule has 0 aromatic heterocycles. The lowest BCUT2D eigenvalue weighted by Gasteiger charge is -2.05. The molecule has 3 rings (SSSR count). The molecule has 0 aliphatic carbocycles. The molecule has 2 aromatic rings. The average Bonchev–Trinajstić information content (AvgIpc) is 3.00. The summed E-state index contributed by atoms with van der Waals surface area (Å²) in [6.45, 7) is 6.98. The number of hydrogen-bond donors (Lipinski definition) is 0. The fourth-order valence-electron chi connectivity index (χ4n) is 2.70. The Kier molecular flexibility index (Phi) is 5.57. The number of rotatable bonds is 6. The number of ether oxygens (including phenoxy) is 2. The minimum atomic E-state index is -0.318. The maximum atomic E-state index is 12.2. The first-order chi connectivity index (χ1) is 12.6. The molecule has 26 heavy (non-hydrogen) atoms. The molecular formula is C23H24O3. The van der Waals surface area contributed by atoms with Crippen LogP contribution in [0.5, 0.6) is 5.75 Å². The van der Waals surface area contributed by atoms with Crippen molar-refractivity contribution in [1.82, 2.24) is 0 Å². The second-order valence-electron chi connectivity index (χ2n) is 6.57. The summed E-state index contributed by atoms with van der Waals surface area (Å²) < 4.78 is 11.1. The van der Waals surface area contributed by atoms with Gasteiger partial charge >= 0.3 is 5.97 Å². The summed E-state index contributed by atoms with van der Waals surface area (Å²) in [7, 11) is 0. The zero-order valence-electron chi connectivity index (χ0n) is 15.5. The fourth-order valence-corrected chi connectivity index (χ4v) is 2.70. The number of benzene rings is 2. The van der Waals surface area contributed by atoms with Crippen LogP contribution < -0.4 is 4.74 Å². The molecule has 3 heteroatoms. The molecule has 1 aliphatic rings. The van der Waals surface area contributed by atoms with Crippen molar-refractivity contribution < 1.29 is 14.3 Å². The zero-order chi connectivity index (χ0) is 18.5. The summed E-state index contributed by atoms with van der Waals surface area (Å²) in [5.74, 6) is 1.13. The van der Waals surface area contributed by atoms with Gasteiger partial charge in [0, 0.05) is 5.56 Å². The van der Waals surface area contributed by atoms with E-state index in [1.54, 1.807) is 6.08 Å². The Morgan fingerprint density at radius 2 is 1.81 bits per heavy atom. The van der Waals surface area contributed by atoms with Gasteiger partial charge in [0.25, 0.3) is 0 Å². The first-order valence-corrected chi connectivity index (χ1v) is 9.03. The molecule has 0 saturated carbocycles. The lowest BCUT2D eigenvalue weighted by Crippen LogP contribution is -1.98. The van der Waals surface area contributed by atoms with Crippen molar-refractivity contribution in [1.29, 1.82) is 0 Å². The second kappa shape index (κ2) is 8.05. The molecular weight excluding hydrogens is 324 g/mol. The predicted octanol–water partition coefficient (Wildman–Crippen LogP) is 5.46. The third-order valence-corrected chi connectivity index (χ3v) is 4.49. The van der Waals surface area contributed by atoms with Gasteiger partial charge in [-0.2, -0.15) is 0 Å². The van der Waals surface area contributed by atoms with E-state index in [1.165, 1.54) is 11.1 Å². The van der Waals surface area contributed by atoms with Gasteiger partial charge in [-0.05, 0) is 67.3 Å². The summed E-state index contributed by atoms with van der Waals surface area (Å²) in [4.78, 5) is 12.2. The van der Waals surface area contributed by atoms with Gasteiger partial charge in [-0.15, -0.1) is 0 Å². The van der Waals surface area contributed by atoms with E-state index in [9.17, 15) is 4.79 Å². The largest absolute Gasteiger partial charge is 0.494 e. The number of cyclic esters (lactones) is 1. The van der Waals surface area contributed by atoms with Crippen LogP contribution in [0.4, 0.5) is 0 Å². The highest BCUT2D eigenvalue weighted by atomic mass is 16.5. The SMILES string of the molecule is CCCCOc1ccc(/C=C2\C=C(c3ccc(C)c(C)c3)OC2=O)cc1. The molecule has 1 heterocycles. The molecule has 0 amide bonds. The van der Waals surface area contributed by atoms with Gasteiger partial charge in [0.05, 0.1) is 12.2 Å². The molecule has 0 N–H and O–H groups in total. The number of carbonyl (C=O) groups is 1. The Hall–Kier alpha value is -2.81. The highest BCUT2D eigenvalue weighted by molar-refractivity contribution is 6.05. The normalized spacial score (nSPS) is 15.1. The van der Waals surface area contributed by atoms with Gasteiger partial charge in [-0.25, -0.2) is 4.79 Å². The van der Waals surface area contributed by atoms with E-state index in [0.717, 1.165) is 36.3 Å². The minimum absolute atomic E-state index is 0.318. The third-order valence-electron chi connectivity index (χ3n) is 4.49. The monoisotopic (exact) mass is 348 g/mol. The Morgan fingerprint density at radius 1 is 1.04 bits per heavy atom. The van der Waals surface area contributed by atoms with E-state index < -0.39 is 0 Å². The van der Waals surface area contributed by atoms with E-state index in [-0.39, 0.29) is 5.97 Å². The molecule has 2 aromatic carbocycles. The Morgan fingerprint density at radius 3 is 2.50 bits per heavy atom. The van der Waals surface area contributed by atoms with Crippen LogP contribution >= 0.6 is 0 Å². The topological polar surface area (TPSA) is 35.5 Å². The van der Waals surface area contributed by atoms with Gasteiger partial charge in [-0.3, -0.25) is 0 Å². The van der Waals surface area contributed by atoms with E-state index in [0.29, 0.717) is 11.3 Å². The molecule has 0 fully saturated rings. The van der Waals surface area contributed by atoms with Crippen molar-refractivity contribution in [2.24, 2.45) is 0 Å². The molecule has 0 spiro atoms. The summed E-state index contributed by atoms with van der Waals surface area (Å²) in [5, 5.41) is 0. The van der Waals surface area contributed by atoms with Gasteiger partial charge in [0.2, 0.25) is 0 Å². The molecule has 3 nitrogen and oxygen atoms in total.